The third-order valence-electron chi connectivity index (χ3n) is 3.59. The van der Waals surface area contributed by atoms with Crippen molar-refractivity contribution in [2.45, 2.75) is 19.3 Å². The van der Waals surface area contributed by atoms with Gasteiger partial charge in [-0.25, -0.2) is 0 Å². The Bertz CT molecular complexity index is 332. The Hall–Kier alpha value is -0.280. The second-order valence-electron chi connectivity index (χ2n) is 4.76. The van der Waals surface area contributed by atoms with Gasteiger partial charge in [0.1, 0.15) is 0 Å². The SMILES string of the molecule is Cl.NCC1(Cc2ccc(Cl)cc2)CCNCC1. The van der Waals surface area contributed by atoms with Crippen LogP contribution in [0.15, 0.2) is 24.3 Å². The minimum atomic E-state index is 0. The molecule has 1 aromatic carbocycles. The molecule has 2 rings (SSSR count). The van der Waals surface area contributed by atoms with E-state index in [0.29, 0.717) is 5.41 Å². The summed E-state index contributed by atoms with van der Waals surface area (Å²) in [6.07, 6.45) is 3.42. The number of nitrogens with two attached hydrogens (primary N) is 1. The Morgan fingerprint density at radius 2 is 1.76 bits per heavy atom. The van der Waals surface area contributed by atoms with E-state index in [0.717, 1.165) is 31.1 Å². The Kier molecular flexibility index (Phi) is 5.74. The predicted molar refractivity (Wildman–Crippen MR) is 76.0 cm³/mol. The van der Waals surface area contributed by atoms with E-state index < -0.39 is 0 Å². The average Bonchev–Trinajstić information content (AvgIpc) is 2.33. The minimum Gasteiger partial charge on any atom is -0.330 e. The molecule has 0 aromatic heterocycles. The summed E-state index contributed by atoms with van der Waals surface area (Å²) in [6.45, 7) is 2.95. The van der Waals surface area contributed by atoms with Gasteiger partial charge in [-0.1, -0.05) is 23.7 Å². The van der Waals surface area contributed by atoms with Crippen LogP contribution in [-0.4, -0.2) is 19.6 Å². The largest absolute Gasteiger partial charge is 0.330 e. The van der Waals surface area contributed by atoms with Crippen molar-refractivity contribution in [1.82, 2.24) is 5.32 Å². The Morgan fingerprint density at radius 1 is 1.18 bits per heavy atom. The smallest absolute Gasteiger partial charge is 0.0406 e. The van der Waals surface area contributed by atoms with Crippen LogP contribution in [0.3, 0.4) is 0 Å². The van der Waals surface area contributed by atoms with Crippen molar-refractivity contribution in [2.75, 3.05) is 19.6 Å². The molecule has 0 radical (unpaired) electrons. The van der Waals surface area contributed by atoms with Crippen molar-refractivity contribution in [1.29, 1.82) is 0 Å². The van der Waals surface area contributed by atoms with Crippen LogP contribution in [0, 0.1) is 5.41 Å². The molecule has 0 spiro atoms. The summed E-state index contributed by atoms with van der Waals surface area (Å²) in [5, 5.41) is 4.19. The van der Waals surface area contributed by atoms with Gasteiger partial charge in [0.15, 0.2) is 0 Å². The van der Waals surface area contributed by atoms with E-state index in [9.17, 15) is 0 Å². The van der Waals surface area contributed by atoms with Crippen LogP contribution in [-0.2, 0) is 6.42 Å². The Morgan fingerprint density at radius 3 is 2.29 bits per heavy atom. The fourth-order valence-corrected chi connectivity index (χ4v) is 2.57. The summed E-state index contributed by atoms with van der Waals surface area (Å²) in [7, 11) is 0. The number of rotatable bonds is 3. The van der Waals surface area contributed by atoms with Gasteiger partial charge in [0.05, 0.1) is 0 Å². The summed E-state index contributed by atoms with van der Waals surface area (Å²) >= 11 is 5.89. The maximum atomic E-state index is 5.96. The number of benzene rings is 1. The minimum absolute atomic E-state index is 0. The lowest BCUT2D eigenvalue weighted by Gasteiger charge is -2.36. The lowest BCUT2D eigenvalue weighted by Crippen LogP contribution is -2.43. The normalized spacial score (nSPS) is 18.5. The number of nitrogens with one attached hydrogen (secondary N) is 1. The zero-order chi connectivity index (χ0) is 11.4. The maximum Gasteiger partial charge on any atom is 0.0406 e. The first-order valence-electron chi connectivity index (χ1n) is 5.89. The van der Waals surface area contributed by atoms with Crippen LogP contribution in [0.25, 0.3) is 0 Å². The van der Waals surface area contributed by atoms with Crippen molar-refractivity contribution in [3.8, 4) is 0 Å². The summed E-state index contributed by atoms with van der Waals surface area (Å²) in [6, 6.07) is 8.15. The molecule has 0 unspecified atom stereocenters. The van der Waals surface area contributed by atoms with Crippen molar-refractivity contribution >= 4 is 24.0 Å². The maximum absolute atomic E-state index is 5.96. The van der Waals surface area contributed by atoms with Crippen molar-refractivity contribution < 1.29 is 0 Å². The number of piperidine rings is 1. The van der Waals surface area contributed by atoms with Gasteiger partial charge in [0.25, 0.3) is 0 Å². The highest BCUT2D eigenvalue weighted by Gasteiger charge is 2.30. The van der Waals surface area contributed by atoms with Gasteiger partial charge in [0, 0.05) is 5.02 Å². The van der Waals surface area contributed by atoms with Crippen LogP contribution in [0.5, 0.6) is 0 Å². The highest BCUT2D eigenvalue weighted by Crippen LogP contribution is 2.31. The molecular formula is C13H20Cl2N2. The lowest BCUT2D eigenvalue weighted by molar-refractivity contribution is 0.210. The molecule has 4 heteroatoms. The molecule has 2 nitrogen and oxygen atoms in total. The summed E-state index contributed by atoms with van der Waals surface area (Å²) < 4.78 is 0. The van der Waals surface area contributed by atoms with Gasteiger partial charge in [-0.05, 0) is 62.0 Å². The molecule has 0 bridgehead atoms. The summed E-state index contributed by atoms with van der Waals surface area (Å²) in [5.41, 5.74) is 7.60. The van der Waals surface area contributed by atoms with Gasteiger partial charge in [-0.15, -0.1) is 12.4 Å². The van der Waals surface area contributed by atoms with E-state index in [-0.39, 0.29) is 12.4 Å². The zero-order valence-corrected chi connectivity index (χ0v) is 11.5. The van der Waals surface area contributed by atoms with Gasteiger partial charge >= 0.3 is 0 Å². The quantitative estimate of drug-likeness (QED) is 0.890. The first-order chi connectivity index (χ1) is 7.74. The highest BCUT2D eigenvalue weighted by molar-refractivity contribution is 6.30. The topological polar surface area (TPSA) is 38.0 Å². The number of hydrogen-bond acceptors (Lipinski definition) is 2. The molecule has 17 heavy (non-hydrogen) atoms. The van der Waals surface area contributed by atoms with E-state index in [1.807, 2.05) is 12.1 Å². The number of hydrogen-bond donors (Lipinski definition) is 2. The summed E-state index contributed by atoms with van der Waals surface area (Å²) in [5.74, 6) is 0. The molecule has 1 saturated heterocycles. The molecule has 0 saturated carbocycles. The Balaban J connectivity index is 0.00000144. The fourth-order valence-electron chi connectivity index (χ4n) is 2.45. The standard InChI is InChI=1S/C13H19ClN2.ClH/c14-12-3-1-11(2-4-12)9-13(10-15)5-7-16-8-6-13;/h1-4,16H,5-10,15H2;1H. The van der Waals surface area contributed by atoms with Gasteiger partial charge in [-0.2, -0.15) is 0 Å². The monoisotopic (exact) mass is 274 g/mol. The molecule has 0 amide bonds. The molecule has 0 aliphatic carbocycles. The van der Waals surface area contributed by atoms with E-state index in [2.05, 4.69) is 17.4 Å². The molecule has 1 aromatic rings. The second-order valence-corrected chi connectivity index (χ2v) is 5.19. The molecule has 96 valence electrons. The van der Waals surface area contributed by atoms with E-state index >= 15 is 0 Å². The van der Waals surface area contributed by atoms with Gasteiger partial charge < -0.3 is 11.1 Å². The molecule has 1 fully saturated rings. The van der Waals surface area contributed by atoms with Gasteiger partial charge in [-0.3, -0.25) is 0 Å². The third-order valence-corrected chi connectivity index (χ3v) is 3.84. The van der Waals surface area contributed by atoms with Crippen LogP contribution in [0.4, 0.5) is 0 Å². The number of halogens is 2. The van der Waals surface area contributed by atoms with Crippen molar-refractivity contribution in [2.24, 2.45) is 11.1 Å². The predicted octanol–water partition coefficient (Wildman–Crippen LogP) is 2.63. The fraction of sp³-hybridized carbons (Fsp3) is 0.538. The molecule has 1 aliphatic rings. The van der Waals surface area contributed by atoms with Crippen LogP contribution in [0.1, 0.15) is 18.4 Å². The lowest BCUT2D eigenvalue weighted by atomic mass is 9.74. The molecule has 3 N–H and O–H groups in total. The average molecular weight is 275 g/mol. The zero-order valence-electron chi connectivity index (χ0n) is 9.92. The molecule has 0 atom stereocenters. The first kappa shape index (κ1) is 14.8. The second kappa shape index (κ2) is 6.60. The first-order valence-corrected chi connectivity index (χ1v) is 6.27. The third kappa shape index (κ3) is 3.85. The Labute approximate surface area is 114 Å². The highest BCUT2D eigenvalue weighted by atomic mass is 35.5. The van der Waals surface area contributed by atoms with E-state index in [4.69, 9.17) is 17.3 Å². The molecule has 1 heterocycles. The molecular weight excluding hydrogens is 255 g/mol. The van der Waals surface area contributed by atoms with Crippen molar-refractivity contribution in [3.05, 3.63) is 34.9 Å². The summed E-state index contributed by atoms with van der Waals surface area (Å²) in [4.78, 5) is 0. The van der Waals surface area contributed by atoms with E-state index in [1.165, 1.54) is 18.4 Å². The molecule has 1 aliphatic heterocycles. The van der Waals surface area contributed by atoms with Gasteiger partial charge in [0.2, 0.25) is 0 Å². The van der Waals surface area contributed by atoms with E-state index in [1.54, 1.807) is 0 Å². The van der Waals surface area contributed by atoms with Crippen LogP contribution >= 0.6 is 24.0 Å². The van der Waals surface area contributed by atoms with Crippen molar-refractivity contribution in [3.63, 3.8) is 0 Å². The van der Waals surface area contributed by atoms with Crippen LogP contribution < -0.4 is 11.1 Å². The van der Waals surface area contributed by atoms with Crippen LogP contribution in [0.2, 0.25) is 5.02 Å².